The van der Waals surface area contributed by atoms with Crippen LogP contribution in [0, 0.1) is 19.3 Å². The summed E-state index contributed by atoms with van der Waals surface area (Å²) in [6.45, 7) is 1.84. The molecule has 0 saturated carbocycles. The van der Waals surface area contributed by atoms with Gasteiger partial charge in [-0.1, -0.05) is 17.7 Å². The molecular weight excluding hydrogens is 212 g/mol. The molecule has 0 N–H and O–H groups in total. The fourth-order valence-electron chi connectivity index (χ4n) is 1.09. The molecule has 5 heteroatoms. The van der Waals surface area contributed by atoms with Gasteiger partial charge in [0, 0.05) is 0 Å². The molecule has 2 aromatic rings. The van der Waals surface area contributed by atoms with Crippen LogP contribution in [0.3, 0.4) is 0 Å². The highest BCUT2D eigenvalue weighted by molar-refractivity contribution is 7.99. The summed E-state index contributed by atoms with van der Waals surface area (Å²) in [5.41, 5.74) is 0.815. The highest BCUT2D eigenvalue weighted by atomic mass is 32.2. The van der Waals surface area contributed by atoms with Gasteiger partial charge in [0.1, 0.15) is 5.76 Å². The fraction of sp³-hybridized carbons (Fsp3) is 0.200. The fourth-order valence-corrected chi connectivity index (χ4v) is 1.53. The smallest absolute Gasteiger partial charge is 0.277 e. The van der Waals surface area contributed by atoms with E-state index in [-0.39, 0.29) is 0 Å². The SMILES string of the molecule is C#CCSc1nnc(-c2ccoc2C)o1. The zero-order valence-corrected chi connectivity index (χ0v) is 8.87. The van der Waals surface area contributed by atoms with Crippen LogP contribution >= 0.6 is 11.8 Å². The number of furan rings is 1. The Morgan fingerprint density at radius 1 is 1.53 bits per heavy atom. The number of thioether (sulfide) groups is 1. The van der Waals surface area contributed by atoms with E-state index >= 15 is 0 Å². The van der Waals surface area contributed by atoms with Crippen molar-refractivity contribution in [3.05, 3.63) is 18.1 Å². The molecular formula is C10H8N2O2S. The molecule has 0 bridgehead atoms. The Labute approximate surface area is 91.1 Å². The van der Waals surface area contributed by atoms with E-state index < -0.39 is 0 Å². The van der Waals surface area contributed by atoms with Crippen LogP contribution < -0.4 is 0 Å². The van der Waals surface area contributed by atoms with Crippen molar-refractivity contribution in [1.29, 1.82) is 0 Å². The normalized spacial score (nSPS) is 10.1. The van der Waals surface area contributed by atoms with Gasteiger partial charge >= 0.3 is 0 Å². The average Bonchev–Trinajstić information content (AvgIpc) is 2.83. The third-order valence-electron chi connectivity index (χ3n) is 1.77. The maximum atomic E-state index is 5.40. The van der Waals surface area contributed by atoms with Crippen LogP contribution in [0.25, 0.3) is 11.5 Å². The summed E-state index contributed by atoms with van der Waals surface area (Å²) in [5, 5.41) is 8.24. The Morgan fingerprint density at radius 2 is 2.40 bits per heavy atom. The summed E-state index contributed by atoms with van der Waals surface area (Å²) in [4.78, 5) is 0. The van der Waals surface area contributed by atoms with Crippen LogP contribution in [-0.4, -0.2) is 16.0 Å². The Bertz CT molecular complexity index is 495. The Morgan fingerprint density at radius 3 is 3.07 bits per heavy atom. The molecule has 0 aliphatic rings. The van der Waals surface area contributed by atoms with E-state index in [4.69, 9.17) is 15.3 Å². The number of hydrogen-bond donors (Lipinski definition) is 0. The minimum absolute atomic E-state index is 0.459. The van der Waals surface area contributed by atoms with Crippen molar-refractivity contribution in [3.63, 3.8) is 0 Å². The molecule has 0 aliphatic carbocycles. The lowest BCUT2D eigenvalue weighted by Crippen LogP contribution is -1.76. The summed E-state index contributed by atoms with van der Waals surface area (Å²) in [6, 6.07) is 1.79. The first kappa shape index (κ1) is 9.87. The lowest BCUT2D eigenvalue weighted by Gasteiger charge is -1.89. The second-order valence-corrected chi connectivity index (χ2v) is 3.68. The third-order valence-corrected chi connectivity index (χ3v) is 2.50. The van der Waals surface area contributed by atoms with Gasteiger partial charge in [-0.25, -0.2) is 0 Å². The van der Waals surface area contributed by atoms with Gasteiger partial charge in [0.05, 0.1) is 17.6 Å². The molecule has 0 radical (unpaired) electrons. The van der Waals surface area contributed by atoms with E-state index in [0.717, 1.165) is 11.3 Å². The van der Waals surface area contributed by atoms with Crippen LogP contribution in [0.15, 0.2) is 26.4 Å². The number of aromatic nitrogens is 2. The van der Waals surface area contributed by atoms with Gasteiger partial charge in [0.2, 0.25) is 0 Å². The predicted octanol–water partition coefficient (Wildman–Crippen LogP) is 2.36. The standard InChI is InChI=1S/C10H8N2O2S/c1-3-6-15-10-12-11-9(14-10)8-4-5-13-7(8)2/h1,4-5H,6H2,2H3. The van der Waals surface area contributed by atoms with E-state index in [1.54, 1.807) is 12.3 Å². The molecule has 76 valence electrons. The summed E-state index contributed by atoms with van der Waals surface area (Å²) in [6.07, 6.45) is 6.71. The number of hydrogen-bond acceptors (Lipinski definition) is 5. The quantitative estimate of drug-likeness (QED) is 0.587. The predicted molar refractivity (Wildman–Crippen MR) is 56.3 cm³/mol. The van der Waals surface area contributed by atoms with Gasteiger partial charge in [-0.05, 0) is 13.0 Å². The van der Waals surface area contributed by atoms with Gasteiger partial charge in [0.15, 0.2) is 0 Å². The Hall–Kier alpha value is -1.67. The van der Waals surface area contributed by atoms with Gasteiger partial charge in [-0.3, -0.25) is 0 Å². The van der Waals surface area contributed by atoms with E-state index in [2.05, 4.69) is 16.1 Å². The van der Waals surface area contributed by atoms with E-state index in [1.807, 2.05) is 6.92 Å². The molecule has 2 heterocycles. The second-order valence-electron chi connectivity index (χ2n) is 2.76. The zero-order valence-electron chi connectivity index (χ0n) is 8.06. The number of rotatable bonds is 3. The highest BCUT2D eigenvalue weighted by Gasteiger charge is 2.12. The summed E-state index contributed by atoms with van der Waals surface area (Å²) < 4.78 is 10.5. The van der Waals surface area contributed by atoms with Crippen molar-refractivity contribution in [2.45, 2.75) is 12.1 Å². The van der Waals surface area contributed by atoms with Crippen molar-refractivity contribution in [2.24, 2.45) is 0 Å². The third kappa shape index (κ3) is 2.05. The molecule has 15 heavy (non-hydrogen) atoms. The van der Waals surface area contributed by atoms with E-state index in [1.165, 1.54) is 11.8 Å². The van der Waals surface area contributed by atoms with Gasteiger partial charge in [-0.15, -0.1) is 16.6 Å². The van der Waals surface area contributed by atoms with Gasteiger partial charge < -0.3 is 8.83 Å². The molecule has 0 aromatic carbocycles. The molecule has 2 aromatic heterocycles. The van der Waals surface area contributed by atoms with Crippen molar-refractivity contribution < 1.29 is 8.83 Å². The number of aryl methyl sites for hydroxylation is 1. The molecule has 0 atom stereocenters. The summed E-state index contributed by atoms with van der Waals surface area (Å²) in [5.74, 6) is 4.22. The van der Waals surface area contributed by atoms with Crippen LogP contribution in [-0.2, 0) is 0 Å². The van der Waals surface area contributed by atoms with E-state index in [9.17, 15) is 0 Å². The number of nitrogens with zero attached hydrogens (tertiary/aromatic N) is 2. The van der Waals surface area contributed by atoms with Crippen molar-refractivity contribution in [1.82, 2.24) is 10.2 Å². The van der Waals surface area contributed by atoms with Gasteiger partial charge in [-0.2, -0.15) is 0 Å². The lowest BCUT2D eigenvalue weighted by molar-refractivity contribution is 0.464. The van der Waals surface area contributed by atoms with E-state index in [0.29, 0.717) is 16.9 Å². The Balaban J connectivity index is 2.21. The molecule has 0 saturated heterocycles. The maximum Gasteiger partial charge on any atom is 0.277 e. The lowest BCUT2D eigenvalue weighted by atomic mass is 10.3. The molecule has 0 amide bonds. The summed E-state index contributed by atoms with van der Waals surface area (Å²) >= 11 is 1.34. The maximum absolute atomic E-state index is 5.40. The van der Waals surface area contributed by atoms with Crippen molar-refractivity contribution >= 4 is 11.8 Å². The molecule has 4 nitrogen and oxygen atoms in total. The molecule has 0 fully saturated rings. The number of terminal acetylenes is 1. The minimum atomic E-state index is 0.459. The molecule has 0 aliphatic heterocycles. The minimum Gasteiger partial charge on any atom is -0.469 e. The zero-order chi connectivity index (χ0) is 10.7. The van der Waals surface area contributed by atoms with Crippen LogP contribution in [0.1, 0.15) is 5.76 Å². The largest absolute Gasteiger partial charge is 0.469 e. The summed E-state index contributed by atoms with van der Waals surface area (Å²) in [7, 11) is 0. The average molecular weight is 220 g/mol. The van der Waals surface area contributed by atoms with Crippen molar-refractivity contribution in [3.8, 4) is 23.8 Å². The first-order valence-corrected chi connectivity index (χ1v) is 5.24. The molecule has 0 unspecified atom stereocenters. The van der Waals surface area contributed by atoms with Crippen LogP contribution in [0.2, 0.25) is 0 Å². The second kappa shape index (κ2) is 4.24. The molecule has 2 rings (SSSR count). The van der Waals surface area contributed by atoms with Crippen molar-refractivity contribution in [2.75, 3.05) is 5.75 Å². The monoisotopic (exact) mass is 220 g/mol. The molecule has 0 spiro atoms. The van der Waals surface area contributed by atoms with Gasteiger partial charge in [0.25, 0.3) is 11.1 Å². The highest BCUT2D eigenvalue weighted by Crippen LogP contribution is 2.25. The first-order valence-electron chi connectivity index (χ1n) is 4.25. The van der Waals surface area contributed by atoms with Crippen LogP contribution in [0.4, 0.5) is 0 Å². The Kier molecular flexibility index (Phi) is 2.79. The topological polar surface area (TPSA) is 52.1 Å². The van der Waals surface area contributed by atoms with Crippen LogP contribution in [0.5, 0.6) is 0 Å². The first-order chi connectivity index (χ1) is 7.31.